The minimum atomic E-state index is -0.685. The highest BCUT2D eigenvalue weighted by molar-refractivity contribution is 5.90. The third-order valence-electron chi connectivity index (χ3n) is 4.28. The van der Waals surface area contributed by atoms with Crippen LogP contribution in [-0.4, -0.2) is 57.8 Å². The van der Waals surface area contributed by atoms with Crippen molar-refractivity contribution in [3.05, 3.63) is 70.4 Å². The fraction of sp³-hybridized carbons (Fsp3) is 0.286. The molecule has 1 aromatic carbocycles. The van der Waals surface area contributed by atoms with E-state index in [0.29, 0.717) is 18.2 Å². The maximum atomic E-state index is 12.0. The zero-order valence-corrected chi connectivity index (χ0v) is 17.0. The van der Waals surface area contributed by atoms with Crippen molar-refractivity contribution in [1.29, 1.82) is 0 Å². The number of aromatic nitrogens is 4. The highest BCUT2D eigenvalue weighted by atomic mass is 16.5. The van der Waals surface area contributed by atoms with Crippen molar-refractivity contribution in [2.75, 3.05) is 27.2 Å². The Morgan fingerprint density at radius 1 is 1.17 bits per heavy atom. The molecule has 2 N–H and O–H groups in total. The topological polar surface area (TPSA) is 116 Å². The second kappa shape index (κ2) is 9.75. The monoisotopic (exact) mass is 408 g/mol. The van der Waals surface area contributed by atoms with E-state index in [1.807, 2.05) is 38.4 Å². The summed E-state index contributed by atoms with van der Waals surface area (Å²) in [6.45, 7) is 1.75. The second-order valence-electron chi connectivity index (χ2n) is 7.03. The zero-order valence-electron chi connectivity index (χ0n) is 17.0. The lowest BCUT2D eigenvalue weighted by molar-refractivity contribution is 0.0993. The van der Waals surface area contributed by atoms with Gasteiger partial charge in [0.15, 0.2) is 11.6 Å². The molecule has 9 nitrogen and oxygen atoms in total. The molecule has 2 heterocycles. The number of hydrogen-bond acceptors (Lipinski definition) is 7. The quantitative estimate of drug-likeness (QED) is 0.528. The summed E-state index contributed by atoms with van der Waals surface area (Å²) in [6, 6.07) is 10.1. The molecular weight excluding hydrogens is 384 g/mol. The number of ether oxygens (including phenoxy) is 1. The van der Waals surface area contributed by atoms with Crippen LogP contribution in [0, 0.1) is 0 Å². The van der Waals surface area contributed by atoms with Crippen LogP contribution in [-0.2, 0) is 6.54 Å². The summed E-state index contributed by atoms with van der Waals surface area (Å²) in [7, 11) is 4.04. The molecule has 0 saturated heterocycles. The number of carbonyl (C=O) groups is 1. The maximum absolute atomic E-state index is 12.0. The van der Waals surface area contributed by atoms with Crippen LogP contribution in [0.25, 0.3) is 11.4 Å². The van der Waals surface area contributed by atoms with Gasteiger partial charge in [0.05, 0.1) is 25.5 Å². The Hall–Kier alpha value is -3.59. The van der Waals surface area contributed by atoms with E-state index >= 15 is 0 Å². The highest BCUT2D eigenvalue weighted by Gasteiger charge is 2.08. The summed E-state index contributed by atoms with van der Waals surface area (Å²) in [4.78, 5) is 34.2. The van der Waals surface area contributed by atoms with E-state index in [1.54, 1.807) is 12.4 Å². The number of primary amides is 1. The molecule has 9 heteroatoms. The molecule has 0 fully saturated rings. The van der Waals surface area contributed by atoms with Crippen LogP contribution in [0.4, 0.5) is 0 Å². The zero-order chi connectivity index (χ0) is 21.5. The minimum Gasteiger partial charge on any atom is -0.490 e. The van der Waals surface area contributed by atoms with Gasteiger partial charge in [-0.05, 0) is 38.2 Å². The van der Waals surface area contributed by atoms with E-state index in [9.17, 15) is 9.59 Å². The summed E-state index contributed by atoms with van der Waals surface area (Å²) in [6.07, 6.45) is 4.21. The molecule has 0 aliphatic carbocycles. The van der Waals surface area contributed by atoms with Gasteiger partial charge in [0.2, 0.25) is 0 Å². The normalized spacial score (nSPS) is 10.9. The molecule has 0 unspecified atom stereocenters. The maximum Gasteiger partial charge on any atom is 0.269 e. The van der Waals surface area contributed by atoms with E-state index in [2.05, 4.69) is 20.0 Å². The SMILES string of the molecule is CN(C)CCCOc1cnc(-c2cccc(Cn3nc(C(N)=O)ccc3=O)c2)nc1. The van der Waals surface area contributed by atoms with Crippen molar-refractivity contribution in [2.24, 2.45) is 5.73 Å². The summed E-state index contributed by atoms with van der Waals surface area (Å²) in [5.74, 6) is 0.478. The summed E-state index contributed by atoms with van der Waals surface area (Å²) < 4.78 is 6.86. The largest absolute Gasteiger partial charge is 0.490 e. The number of hydrogen-bond donors (Lipinski definition) is 1. The molecule has 0 spiro atoms. The lowest BCUT2D eigenvalue weighted by atomic mass is 10.1. The average Bonchev–Trinajstić information content (AvgIpc) is 2.73. The Morgan fingerprint density at radius 2 is 1.93 bits per heavy atom. The molecule has 0 aliphatic heterocycles. The molecule has 0 aliphatic rings. The first-order valence-electron chi connectivity index (χ1n) is 9.49. The van der Waals surface area contributed by atoms with Gasteiger partial charge in [0.25, 0.3) is 11.5 Å². The van der Waals surface area contributed by atoms with E-state index in [0.717, 1.165) is 24.1 Å². The van der Waals surface area contributed by atoms with Gasteiger partial charge in [-0.25, -0.2) is 14.6 Å². The summed E-state index contributed by atoms with van der Waals surface area (Å²) in [5.41, 5.74) is 6.57. The predicted octanol–water partition coefficient (Wildman–Crippen LogP) is 1.18. The van der Waals surface area contributed by atoms with Crippen molar-refractivity contribution in [2.45, 2.75) is 13.0 Å². The van der Waals surface area contributed by atoms with Gasteiger partial charge in [-0.1, -0.05) is 18.2 Å². The van der Waals surface area contributed by atoms with Crippen LogP contribution < -0.4 is 16.0 Å². The fourth-order valence-electron chi connectivity index (χ4n) is 2.79. The van der Waals surface area contributed by atoms with Crippen LogP contribution >= 0.6 is 0 Å². The van der Waals surface area contributed by atoms with Crippen LogP contribution in [0.15, 0.2) is 53.6 Å². The number of nitrogens with zero attached hydrogens (tertiary/aromatic N) is 5. The van der Waals surface area contributed by atoms with Gasteiger partial charge in [0.1, 0.15) is 5.69 Å². The van der Waals surface area contributed by atoms with Gasteiger partial charge in [0, 0.05) is 18.2 Å². The number of carbonyl (C=O) groups excluding carboxylic acids is 1. The molecule has 30 heavy (non-hydrogen) atoms. The summed E-state index contributed by atoms with van der Waals surface area (Å²) >= 11 is 0. The number of nitrogens with two attached hydrogens (primary N) is 1. The van der Waals surface area contributed by atoms with E-state index in [4.69, 9.17) is 10.5 Å². The molecule has 2 aromatic heterocycles. The molecule has 3 rings (SSSR count). The van der Waals surface area contributed by atoms with E-state index in [-0.39, 0.29) is 17.8 Å². The third-order valence-corrected chi connectivity index (χ3v) is 4.28. The number of amides is 1. The van der Waals surface area contributed by atoms with Gasteiger partial charge in [-0.2, -0.15) is 5.10 Å². The Balaban J connectivity index is 1.70. The molecule has 3 aromatic rings. The van der Waals surface area contributed by atoms with Crippen molar-refractivity contribution in [1.82, 2.24) is 24.6 Å². The molecule has 0 radical (unpaired) electrons. The molecule has 156 valence electrons. The van der Waals surface area contributed by atoms with Gasteiger partial charge in [-0.15, -0.1) is 0 Å². The van der Waals surface area contributed by atoms with Gasteiger partial charge >= 0.3 is 0 Å². The predicted molar refractivity (Wildman–Crippen MR) is 112 cm³/mol. The second-order valence-corrected chi connectivity index (χ2v) is 7.03. The lowest BCUT2D eigenvalue weighted by Gasteiger charge is -2.10. The smallest absolute Gasteiger partial charge is 0.269 e. The number of rotatable bonds is 9. The molecule has 0 bridgehead atoms. The van der Waals surface area contributed by atoms with Crippen molar-refractivity contribution in [3.63, 3.8) is 0 Å². The van der Waals surface area contributed by atoms with E-state index in [1.165, 1.54) is 16.8 Å². The Morgan fingerprint density at radius 3 is 2.63 bits per heavy atom. The third kappa shape index (κ3) is 5.71. The van der Waals surface area contributed by atoms with Crippen LogP contribution in [0.1, 0.15) is 22.5 Å². The van der Waals surface area contributed by atoms with Crippen molar-refractivity contribution < 1.29 is 9.53 Å². The Labute approximate surface area is 174 Å². The van der Waals surface area contributed by atoms with Gasteiger partial charge in [-0.3, -0.25) is 9.59 Å². The van der Waals surface area contributed by atoms with Crippen LogP contribution in [0.2, 0.25) is 0 Å². The van der Waals surface area contributed by atoms with Crippen molar-refractivity contribution in [3.8, 4) is 17.1 Å². The van der Waals surface area contributed by atoms with Crippen LogP contribution in [0.3, 0.4) is 0 Å². The molecule has 1 amide bonds. The Kier molecular flexibility index (Phi) is 6.87. The average molecular weight is 408 g/mol. The first-order chi connectivity index (χ1) is 14.4. The first kappa shape index (κ1) is 21.1. The minimum absolute atomic E-state index is 0.0373. The fourth-order valence-corrected chi connectivity index (χ4v) is 2.79. The van der Waals surface area contributed by atoms with Crippen LogP contribution in [0.5, 0.6) is 5.75 Å². The number of benzene rings is 1. The highest BCUT2D eigenvalue weighted by Crippen LogP contribution is 2.18. The molecular formula is C21H24N6O3. The molecule has 0 atom stereocenters. The first-order valence-corrected chi connectivity index (χ1v) is 9.49. The van der Waals surface area contributed by atoms with E-state index < -0.39 is 5.91 Å². The lowest BCUT2D eigenvalue weighted by Crippen LogP contribution is -2.26. The summed E-state index contributed by atoms with van der Waals surface area (Å²) in [5, 5.41) is 4.01. The standard InChI is InChI=1S/C21H24N6O3/c1-26(2)9-4-10-30-17-12-23-21(24-13-17)16-6-3-5-15(11-16)14-27-19(28)8-7-18(25-27)20(22)29/h3,5-8,11-13H,4,9-10,14H2,1-2H3,(H2,22,29). The Bertz CT molecular complexity index is 1060. The molecule has 0 saturated carbocycles. The van der Waals surface area contributed by atoms with Crippen molar-refractivity contribution >= 4 is 5.91 Å². The van der Waals surface area contributed by atoms with Gasteiger partial charge < -0.3 is 15.4 Å².